The van der Waals surface area contributed by atoms with Crippen molar-refractivity contribution in [3.63, 3.8) is 0 Å². The fourth-order valence-corrected chi connectivity index (χ4v) is 1.47. The van der Waals surface area contributed by atoms with E-state index in [9.17, 15) is 26.3 Å². The van der Waals surface area contributed by atoms with Crippen LogP contribution in [-0.4, -0.2) is 12.8 Å². The number of rotatable bonds is 3. The van der Waals surface area contributed by atoms with Crippen molar-refractivity contribution >= 4 is 11.4 Å². The molecule has 5 nitrogen and oxygen atoms in total. The zero-order chi connectivity index (χ0) is 17.8. The Morgan fingerprint density at radius 2 is 1.65 bits per heavy atom. The Morgan fingerprint density at radius 3 is 2.04 bits per heavy atom. The van der Waals surface area contributed by atoms with Gasteiger partial charge in [-0.15, -0.1) is 0 Å². The molecule has 0 saturated heterocycles. The molecule has 0 aliphatic carbocycles. The summed E-state index contributed by atoms with van der Waals surface area (Å²) >= 11 is 0. The fraction of sp³-hybridized carbons (Fsp3) is 0.250. The smallest absolute Gasteiger partial charge is 0.418 e. The number of halogens is 6. The maximum atomic E-state index is 13.0. The predicted molar refractivity (Wildman–Crippen MR) is 65.3 cm³/mol. The number of benzene rings is 1. The van der Waals surface area contributed by atoms with E-state index in [1.54, 1.807) is 5.43 Å². The highest BCUT2D eigenvalue weighted by Crippen LogP contribution is 2.44. The van der Waals surface area contributed by atoms with E-state index >= 15 is 0 Å². The lowest BCUT2D eigenvalue weighted by molar-refractivity contribution is -0.142. The molecular weight excluding hydrogens is 330 g/mol. The topological polar surface area (TPSA) is 81.2 Å². The molecule has 0 aliphatic rings. The van der Waals surface area contributed by atoms with Gasteiger partial charge < -0.3 is 4.74 Å². The second-order valence-corrected chi connectivity index (χ2v) is 3.89. The summed E-state index contributed by atoms with van der Waals surface area (Å²) in [7, 11) is 0.861. The molecule has 1 rings (SSSR count). The van der Waals surface area contributed by atoms with Crippen molar-refractivity contribution in [1.82, 2.24) is 0 Å². The highest BCUT2D eigenvalue weighted by molar-refractivity contribution is 6.10. The monoisotopic (exact) mass is 336 g/mol. The van der Waals surface area contributed by atoms with Crippen LogP contribution in [0.15, 0.2) is 17.2 Å². The molecule has 0 atom stereocenters. The third kappa shape index (κ3) is 4.26. The molecule has 0 aromatic heterocycles. The van der Waals surface area contributed by atoms with E-state index in [1.807, 2.05) is 0 Å². The lowest BCUT2D eigenvalue weighted by Gasteiger charge is -2.18. The number of anilines is 1. The third-order valence-corrected chi connectivity index (χ3v) is 2.45. The summed E-state index contributed by atoms with van der Waals surface area (Å²) in [5.41, 5.74) is -3.29. The van der Waals surface area contributed by atoms with E-state index in [1.165, 1.54) is 12.1 Å². The Morgan fingerprint density at radius 1 is 1.09 bits per heavy atom. The van der Waals surface area contributed by atoms with E-state index in [4.69, 9.17) is 10.5 Å². The van der Waals surface area contributed by atoms with E-state index in [0.717, 1.165) is 7.11 Å². The van der Waals surface area contributed by atoms with Crippen LogP contribution in [0.2, 0.25) is 0 Å². The lowest BCUT2D eigenvalue weighted by atomic mass is 10.1. The Labute approximate surface area is 125 Å². The van der Waals surface area contributed by atoms with Crippen LogP contribution in [-0.2, 0) is 12.4 Å². The lowest BCUT2D eigenvalue weighted by Crippen LogP contribution is -2.14. The molecule has 11 heteroatoms. The predicted octanol–water partition coefficient (Wildman–Crippen LogP) is 3.55. The molecule has 0 heterocycles. The third-order valence-electron chi connectivity index (χ3n) is 2.45. The summed E-state index contributed by atoms with van der Waals surface area (Å²) in [5, 5.41) is 20.0. The summed E-state index contributed by atoms with van der Waals surface area (Å²) in [6.45, 7) is 0. The first-order valence-corrected chi connectivity index (χ1v) is 5.55. The summed E-state index contributed by atoms with van der Waals surface area (Å²) in [4.78, 5) is 0. The maximum Gasteiger partial charge on any atom is 0.418 e. The maximum absolute atomic E-state index is 13.0. The van der Waals surface area contributed by atoms with Gasteiger partial charge in [-0.1, -0.05) is 0 Å². The van der Waals surface area contributed by atoms with Crippen molar-refractivity contribution in [2.24, 2.45) is 5.10 Å². The van der Waals surface area contributed by atoms with E-state index in [2.05, 4.69) is 9.84 Å². The van der Waals surface area contributed by atoms with Crippen LogP contribution < -0.4 is 10.2 Å². The Balaban J connectivity index is 3.59. The summed E-state index contributed by atoms with van der Waals surface area (Å²) in [5.74, 6) is -0.800. The Hall–Kier alpha value is -2.95. The minimum atomic E-state index is -5.16. The van der Waals surface area contributed by atoms with Gasteiger partial charge in [0.15, 0.2) is 0 Å². The molecule has 0 radical (unpaired) electrons. The van der Waals surface area contributed by atoms with Gasteiger partial charge in [0.1, 0.15) is 23.6 Å². The summed E-state index contributed by atoms with van der Waals surface area (Å²) < 4.78 is 81.5. The molecule has 0 spiro atoms. The molecule has 0 fully saturated rings. The summed E-state index contributed by atoms with van der Waals surface area (Å²) in [6, 6.07) is 2.77. The van der Waals surface area contributed by atoms with E-state index in [0.29, 0.717) is 6.07 Å². The highest BCUT2D eigenvalue weighted by Gasteiger charge is 2.40. The molecule has 1 aromatic carbocycles. The highest BCUT2D eigenvalue weighted by atomic mass is 19.4. The van der Waals surface area contributed by atoms with Crippen LogP contribution in [0.1, 0.15) is 11.1 Å². The van der Waals surface area contributed by atoms with E-state index in [-0.39, 0.29) is 6.07 Å². The summed E-state index contributed by atoms with van der Waals surface area (Å²) in [6.07, 6.45) is -10.2. The molecule has 23 heavy (non-hydrogen) atoms. The number of alkyl halides is 6. The fourth-order valence-electron chi connectivity index (χ4n) is 1.47. The normalized spacial score (nSPS) is 11.2. The molecule has 1 aromatic rings. The first-order valence-electron chi connectivity index (χ1n) is 5.55. The van der Waals surface area contributed by atoms with Gasteiger partial charge >= 0.3 is 12.4 Å². The van der Waals surface area contributed by atoms with Crippen molar-refractivity contribution in [2.75, 3.05) is 12.5 Å². The number of methoxy groups -OCH3 is 1. The number of nitrogens with zero attached hydrogens (tertiary/aromatic N) is 3. The number of hydrogen-bond acceptors (Lipinski definition) is 5. The number of hydrogen-bond donors (Lipinski definition) is 1. The zero-order valence-electron chi connectivity index (χ0n) is 11.2. The van der Waals surface area contributed by atoms with Crippen LogP contribution >= 0.6 is 0 Å². The van der Waals surface area contributed by atoms with Gasteiger partial charge in [0.2, 0.25) is 5.71 Å². The van der Waals surface area contributed by atoms with Crippen LogP contribution in [0.5, 0.6) is 5.75 Å². The van der Waals surface area contributed by atoms with Crippen molar-refractivity contribution in [2.45, 2.75) is 12.4 Å². The molecule has 0 bridgehead atoms. The minimum Gasteiger partial charge on any atom is -0.494 e. The number of nitriles is 2. The van der Waals surface area contributed by atoms with Gasteiger partial charge in [-0.05, 0) is 12.1 Å². The molecule has 0 aliphatic heterocycles. The minimum absolute atomic E-state index is 0.126. The number of nitrogens with one attached hydrogen (secondary N) is 1. The molecule has 122 valence electrons. The quantitative estimate of drug-likeness (QED) is 0.520. The van der Waals surface area contributed by atoms with Gasteiger partial charge in [0.05, 0.1) is 18.2 Å². The van der Waals surface area contributed by atoms with Crippen LogP contribution in [0.4, 0.5) is 32.0 Å². The van der Waals surface area contributed by atoms with Crippen LogP contribution in [0.3, 0.4) is 0 Å². The standard InChI is InChI=1S/C12H6F6N4O/c1-23-9-3-6(11(13,14)15)2-8(12(16,17)18)10(9)22-21-7(4-19)5-20/h2-3,22H,1H3. The van der Waals surface area contributed by atoms with Crippen molar-refractivity contribution < 1.29 is 31.1 Å². The Bertz CT molecular complexity index is 692. The van der Waals surface area contributed by atoms with Gasteiger partial charge in [-0.2, -0.15) is 42.0 Å². The first-order chi connectivity index (χ1) is 10.5. The van der Waals surface area contributed by atoms with Gasteiger partial charge in [-0.3, -0.25) is 5.43 Å². The number of ether oxygens (including phenoxy) is 1. The molecular formula is C12H6F6N4O. The molecule has 0 amide bonds. The van der Waals surface area contributed by atoms with Gasteiger partial charge in [-0.25, -0.2) is 0 Å². The van der Waals surface area contributed by atoms with Crippen LogP contribution in [0.25, 0.3) is 0 Å². The average Bonchev–Trinajstić information content (AvgIpc) is 2.45. The van der Waals surface area contributed by atoms with Gasteiger partial charge in [0.25, 0.3) is 0 Å². The molecule has 1 N–H and O–H groups in total. The van der Waals surface area contributed by atoms with Crippen molar-refractivity contribution in [1.29, 1.82) is 10.5 Å². The second-order valence-electron chi connectivity index (χ2n) is 3.89. The SMILES string of the molecule is COc1cc(C(F)(F)F)cc(C(F)(F)F)c1NN=C(C#N)C#N. The first kappa shape index (κ1) is 18.1. The Kier molecular flexibility index (Phi) is 5.07. The molecule has 0 unspecified atom stereocenters. The second kappa shape index (κ2) is 6.44. The largest absolute Gasteiger partial charge is 0.494 e. The molecule has 0 saturated carbocycles. The van der Waals surface area contributed by atoms with Gasteiger partial charge in [0, 0.05) is 0 Å². The van der Waals surface area contributed by atoms with Crippen molar-refractivity contribution in [3.05, 3.63) is 23.3 Å². The number of hydrazone groups is 1. The zero-order valence-corrected chi connectivity index (χ0v) is 11.2. The van der Waals surface area contributed by atoms with E-state index < -0.39 is 40.6 Å². The average molecular weight is 336 g/mol. The van der Waals surface area contributed by atoms with Crippen molar-refractivity contribution in [3.8, 4) is 17.9 Å². The van der Waals surface area contributed by atoms with Crippen LogP contribution in [0, 0.1) is 22.7 Å².